The standard InChI is InChI=1S/C7H7NO3.Na.H/c8-5-2-1-4(7(10)11)3-6(5)9;;/h1-3,9H,8H2,(H,10,11);;. The zero-order chi connectivity index (χ0) is 8.43. The maximum absolute atomic E-state index is 10.3. The number of aromatic hydroxyl groups is 1. The number of hydrogen-bond donors (Lipinski definition) is 3. The van der Waals surface area contributed by atoms with Crippen LogP contribution < -0.4 is 5.73 Å². The quantitative estimate of drug-likeness (QED) is 0.321. The number of nitrogens with two attached hydrogens (primary N) is 1. The molecule has 0 radical (unpaired) electrons. The van der Waals surface area contributed by atoms with Crippen molar-refractivity contribution in [1.29, 1.82) is 0 Å². The molecule has 0 saturated heterocycles. The summed E-state index contributed by atoms with van der Waals surface area (Å²) in [5, 5.41) is 17.4. The third-order valence-electron chi connectivity index (χ3n) is 1.28. The number of carbonyl (C=O) groups is 1. The molecule has 1 aromatic carbocycles. The molecule has 1 aromatic rings. The summed E-state index contributed by atoms with van der Waals surface area (Å²) in [6.07, 6.45) is 0. The fraction of sp³-hybridized carbons (Fsp3) is 0. The van der Waals surface area contributed by atoms with E-state index in [0.29, 0.717) is 0 Å². The van der Waals surface area contributed by atoms with Crippen molar-refractivity contribution in [3.63, 3.8) is 0 Å². The van der Waals surface area contributed by atoms with Crippen molar-refractivity contribution in [2.45, 2.75) is 0 Å². The van der Waals surface area contributed by atoms with Gasteiger partial charge >= 0.3 is 35.5 Å². The van der Waals surface area contributed by atoms with E-state index in [1.807, 2.05) is 0 Å². The average molecular weight is 177 g/mol. The van der Waals surface area contributed by atoms with Gasteiger partial charge < -0.3 is 15.9 Å². The zero-order valence-corrected chi connectivity index (χ0v) is 5.61. The Morgan fingerprint density at radius 3 is 2.42 bits per heavy atom. The fourth-order valence-corrected chi connectivity index (χ4v) is 0.677. The van der Waals surface area contributed by atoms with Crippen LogP contribution in [-0.4, -0.2) is 45.7 Å². The summed E-state index contributed by atoms with van der Waals surface area (Å²) in [4.78, 5) is 10.3. The van der Waals surface area contributed by atoms with Gasteiger partial charge in [-0.3, -0.25) is 0 Å². The topological polar surface area (TPSA) is 83.6 Å². The number of phenols is 1. The van der Waals surface area contributed by atoms with Crippen molar-refractivity contribution in [2.24, 2.45) is 0 Å². The Hall–Kier alpha value is -0.710. The Balaban J connectivity index is 0.00000121. The number of carboxylic acids is 1. The van der Waals surface area contributed by atoms with Gasteiger partial charge in [0.25, 0.3) is 0 Å². The van der Waals surface area contributed by atoms with E-state index >= 15 is 0 Å². The minimum absolute atomic E-state index is 0. The van der Waals surface area contributed by atoms with E-state index < -0.39 is 5.97 Å². The van der Waals surface area contributed by atoms with Crippen LogP contribution in [0.25, 0.3) is 0 Å². The molecule has 4 nitrogen and oxygen atoms in total. The molecule has 0 bridgehead atoms. The summed E-state index contributed by atoms with van der Waals surface area (Å²) >= 11 is 0. The molecule has 0 atom stereocenters. The molecule has 0 heterocycles. The molecule has 5 heteroatoms. The van der Waals surface area contributed by atoms with Gasteiger partial charge in [0.2, 0.25) is 0 Å². The van der Waals surface area contributed by atoms with Crippen molar-refractivity contribution in [3.8, 4) is 5.75 Å². The van der Waals surface area contributed by atoms with E-state index in [1.165, 1.54) is 12.1 Å². The van der Waals surface area contributed by atoms with E-state index in [4.69, 9.17) is 15.9 Å². The van der Waals surface area contributed by atoms with Crippen LogP contribution in [0.1, 0.15) is 10.4 Å². The summed E-state index contributed by atoms with van der Waals surface area (Å²) in [5.41, 5.74) is 5.45. The predicted molar refractivity (Wildman–Crippen MR) is 46.6 cm³/mol. The molecule has 0 amide bonds. The maximum atomic E-state index is 10.3. The van der Waals surface area contributed by atoms with E-state index in [2.05, 4.69) is 0 Å². The van der Waals surface area contributed by atoms with Gasteiger partial charge in [-0.15, -0.1) is 0 Å². The summed E-state index contributed by atoms with van der Waals surface area (Å²) in [5.74, 6) is -1.29. The molecule has 0 aromatic heterocycles. The van der Waals surface area contributed by atoms with Crippen LogP contribution >= 0.6 is 0 Å². The van der Waals surface area contributed by atoms with Crippen LogP contribution in [0.5, 0.6) is 5.75 Å². The molecule has 0 aliphatic heterocycles. The number of aromatic carboxylic acids is 1. The molecule has 0 aliphatic rings. The third-order valence-corrected chi connectivity index (χ3v) is 1.28. The zero-order valence-electron chi connectivity index (χ0n) is 5.61. The molecule has 0 aliphatic carbocycles. The first-order valence-electron chi connectivity index (χ1n) is 2.93. The van der Waals surface area contributed by atoms with Gasteiger partial charge in [0.1, 0.15) is 5.75 Å². The second kappa shape index (κ2) is 4.35. The number of anilines is 1. The molecule has 0 saturated carbocycles. The number of nitrogen functional groups attached to an aromatic ring is 1. The van der Waals surface area contributed by atoms with Crippen LogP contribution in [-0.2, 0) is 0 Å². The Kier molecular flexibility index (Phi) is 4.09. The van der Waals surface area contributed by atoms with Crippen LogP contribution in [0.15, 0.2) is 18.2 Å². The first-order chi connectivity index (χ1) is 5.11. The van der Waals surface area contributed by atoms with Crippen molar-refractivity contribution >= 4 is 41.2 Å². The molecule has 0 unspecified atom stereocenters. The first-order valence-corrected chi connectivity index (χ1v) is 2.93. The van der Waals surface area contributed by atoms with E-state index in [-0.39, 0.29) is 46.6 Å². The van der Waals surface area contributed by atoms with Crippen LogP contribution in [0.3, 0.4) is 0 Å². The van der Waals surface area contributed by atoms with Gasteiger partial charge in [0.05, 0.1) is 11.3 Å². The second-order valence-electron chi connectivity index (χ2n) is 2.08. The van der Waals surface area contributed by atoms with Crippen LogP contribution in [0.4, 0.5) is 5.69 Å². The fourth-order valence-electron chi connectivity index (χ4n) is 0.677. The summed E-state index contributed by atoms with van der Waals surface area (Å²) < 4.78 is 0. The summed E-state index contributed by atoms with van der Waals surface area (Å²) in [6.45, 7) is 0. The Morgan fingerprint density at radius 2 is 2.00 bits per heavy atom. The van der Waals surface area contributed by atoms with E-state index in [9.17, 15) is 4.79 Å². The first kappa shape index (κ1) is 11.3. The van der Waals surface area contributed by atoms with Gasteiger partial charge in [-0.2, -0.15) is 0 Å². The summed E-state index contributed by atoms with van der Waals surface area (Å²) in [7, 11) is 0. The van der Waals surface area contributed by atoms with Crippen molar-refractivity contribution in [1.82, 2.24) is 0 Å². The molecular formula is C7H8NNaO3. The summed E-state index contributed by atoms with van der Waals surface area (Å²) in [6, 6.07) is 3.79. The normalized spacial score (nSPS) is 8.67. The van der Waals surface area contributed by atoms with Gasteiger partial charge in [-0.25, -0.2) is 4.79 Å². The molecule has 0 fully saturated rings. The van der Waals surface area contributed by atoms with E-state index in [0.717, 1.165) is 6.07 Å². The van der Waals surface area contributed by atoms with Crippen molar-refractivity contribution in [3.05, 3.63) is 23.8 Å². The molecule has 4 N–H and O–H groups in total. The molecular weight excluding hydrogens is 169 g/mol. The third kappa shape index (κ3) is 2.41. The van der Waals surface area contributed by atoms with Gasteiger partial charge in [0.15, 0.2) is 0 Å². The van der Waals surface area contributed by atoms with Crippen molar-refractivity contribution in [2.75, 3.05) is 5.73 Å². The monoisotopic (exact) mass is 177 g/mol. The number of rotatable bonds is 1. The average Bonchev–Trinajstić information content (AvgIpc) is 1.94. The van der Waals surface area contributed by atoms with Crippen LogP contribution in [0.2, 0.25) is 0 Å². The molecule has 12 heavy (non-hydrogen) atoms. The Morgan fingerprint density at radius 1 is 1.42 bits per heavy atom. The van der Waals surface area contributed by atoms with Crippen molar-refractivity contribution < 1.29 is 15.0 Å². The van der Waals surface area contributed by atoms with Gasteiger partial charge in [0, 0.05) is 0 Å². The number of hydrogen-bond acceptors (Lipinski definition) is 3. The molecule has 1 rings (SSSR count). The molecule has 0 spiro atoms. The SMILES string of the molecule is Nc1ccc(C(=O)O)cc1O.[NaH]. The second-order valence-corrected chi connectivity index (χ2v) is 2.08. The van der Waals surface area contributed by atoms with E-state index in [1.54, 1.807) is 0 Å². The molecule has 60 valence electrons. The minimum atomic E-state index is -1.08. The predicted octanol–water partition coefficient (Wildman–Crippen LogP) is 0.0241. The van der Waals surface area contributed by atoms with Crippen LogP contribution in [0, 0.1) is 0 Å². The van der Waals surface area contributed by atoms with Gasteiger partial charge in [-0.1, -0.05) is 0 Å². The Labute approximate surface area is 91.3 Å². The van der Waals surface area contributed by atoms with Gasteiger partial charge in [-0.05, 0) is 18.2 Å². The number of phenolic OH excluding ortho intramolecular Hbond substituents is 1. The number of carboxylic acid groups (broad SMARTS) is 1. The number of benzene rings is 1. The Bertz CT molecular complexity index is 301.